The third-order valence-electron chi connectivity index (χ3n) is 2.47. The average molecular weight is 267 g/mol. The van der Waals surface area contributed by atoms with Crippen molar-refractivity contribution in [3.8, 4) is 0 Å². The fourth-order valence-corrected chi connectivity index (χ4v) is 2.30. The monoisotopic (exact) mass is 266 g/mol. The van der Waals surface area contributed by atoms with E-state index in [1.807, 2.05) is 6.07 Å². The predicted octanol–water partition coefficient (Wildman–Crippen LogP) is 3.86. The fraction of sp³-hybridized carbons (Fsp3) is 0.417. The summed E-state index contributed by atoms with van der Waals surface area (Å²) < 4.78 is 3.19. The van der Waals surface area contributed by atoms with E-state index in [1.54, 1.807) is 0 Å². The molecule has 1 aromatic heterocycles. The van der Waals surface area contributed by atoms with Crippen LogP contribution in [0.1, 0.15) is 26.5 Å². The first-order valence-electron chi connectivity index (χ1n) is 5.05. The van der Waals surface area contributed by atoms with Gasteiger partial charge >= 0.3 is 0 Å². The molecular weight excluding hydrogens is 252 g/mol. The van der Waals surface area contributed by atoms with Gasteiger partial charge in [-0.25, -0.2) is 0 Å². The number of fused-ring (bicyclic) bond motifs is 1. The molecule has 1 heterocycles. The van der Waals surface area contributed by atoms with Crippen molar-refractivity contribution < 1.29 is 0 Å². The Morgan fingerprint density at radius 2 is 1.93 bits per heavy atom. The lowest BCUT2D eigenvalue weighted by atomic mass is 10.1. The van der Waals surface area contributed by atoms with Crippen LogP contribution in [0.3, 0.4) is 0 Å². The number of halogens is 1. The van der Waals surface area contributed by atoms with E-state index in [2.05, 4.69) is 65.5 Å². The van der Waals surface area contributed by atoms with Gasteiger partial charge in [-0.15, -0.1) is 0 Å². The first-order chi connectivity index (χ1) is 6.91. The van der Waals surface area contributed by atoms with Gasteiger partial charge < -0.3 is 0 Å². The summed E-state index contributed by atoms with van der Waals surface area (Å²) in [4.78, 5) is 0. The topological polar surface area (TPSA) is 17.8 Å². The van der Waals surface area contributed by atoms with Crippen LogP contribution in [0.2, 0.25) is 0 Å². The first-order valence-corrected chi connectivity index (χ1v) is 5.85. The van der Waals surface area contributed by atoms with E-state index in [1.165, 1.54) is 10.9 Å². The number of para-hydroxylation sites is 1. The Bertz CT molecular complexity index is 506. The van der Waals surface area contributed by atoms with Crippen LogP contribution >= 0.6 is 15.9 Å². The molecule has 0 aliphatic rings. The molecule has 0 amide bonds. The Morgan fingerprint density at radius 1 is 1.27 bits per heavy atom. The molecule has 0 unspecified atom stereocenters. The lowest BCUT2D eigenvalue weighted by Gasteiger charge is -2.21. The highest BCUT2D eigenvalue weighted by Gasteiger charge is 2.19. The van der Waals surface area contributed by atoms with Crippen LogP contribution in [0.4, 0.5) is 0 Å². The molecule has 0 spiro atoms. The van der Waals surface area contributed by atoms with Crippen molar-refractivity contribution in [2.45, 2.75) is 33.2 Å². The van der Waals surface area contributed by atoms with Gasteiger partial charge in [0.2, 0.25) is 0 Å². The molecule has 0 bridgehead atoms. The quantitative estimate of drug-likeness (QED) is 0.708. The average Bonchev–Trinajstić information content (AvgIpc) is 2.45. The molecule has 3 heteroatoms. The lowest BCUT2D eigenvalue weighted by Crippen LogP contribution is -2.23. The number of aromatic nitrogens is 2. The SMILES string of the molecule is Cc1nn(C(C)(C)C)c2c(Br)cccc12. The van der Waals surface area contributed by atoms with Gasteiger partial charge in [0.25, 0.3) is 0 Å². The maximum atomic E-state index is 4.61. The highest BCUT2D eigenvalue weighted by atomic mass is 79.9. The van der Waals surface area contributed by atoms with Crippen molar-refractivity contribution in [1.29, 1.82) is 0 Å². The van der Waals surface area contributed by atoms with Gasteiger partial charge in [0.1, 0.15) is 0 Å². The number of hydrogen-bond acceptors (Lipinski definition) is 1. The van der Waals surface area contributed by atoms with E-state index in [-0.39, 0.29) is 5.54 Å². The van der Waals surface area contributed by atoms with Crippen LogP contribution in [0.5, 0.6) is 0 Å². The maximum absolute atomic E-state index is 4.61. The normalized spacial score (nSPS) is 12.3. The van der Waals surface area contributed by atoms with Crippen molar-refractivity contribution in [1.82, 2.24) is 9.78 Å². The van der Waals surface area contributed by atoms with Crippen LogP contribution in [0.15, 0.2) is 22.7 Å². The third kappa shape index (κ3) is 1.69. The summed E-state index contributed by atoms with van der Waals surface area (Å²) >= 11 is 3.59. The van der Waals surface area contributed by atoms with Crippen molar-refractivity contribution in [3.05, 3.63) is 28.4 Å². The number of hydrogen-bond donors (Lipinski definition) is 0. The Hall–Kier alpha value is -0.830. The van der Waals surface area contributed by atoms with Crippen molar-refractivity contribution in [3.63, 3.8) is 0 Å². The number of benzene rings is 1. The van der Waals surface area contributed by atoms with E-state index < -0.39 is 0 Å². The van der Waals surface area contributed by atoms with E-state index in [0.29, 0.717) is 0 Å². The van der Waals surface area contributed by atoms with Gasteiger partial charge in [0.05, 0.1) is 16.7 Å². The van der Waals surface area contributed by atoms with Crippen molar-refractivity contribution >= 4 is 26.8 Å². The Balaban J connectivity index is 2.88. The number of nitrogens with zero attached hydrogens (tertiary/aromatic N) is 2. The molecule has 0 N–H and O–H groups in total. The van der Waals surface area contributed by atoms with E-state index >= 15 is 0 Å². The summed E-state index contributed by atoms with van der Waals surface area (Å²) in [6.45, 7) is 8.55. The molecule has 15 heavy (non-hydrogen) atoms. The zero-order chi connectivity index (χ0) is 11.2. The van der Waals surface area contributed by atoms with E-state index in [9.17, 15) is 0 Å². The van der Waals surface area contributed by atoms with E-state index in [4.69, 9.17) is 0 Å². The van der Waals surface area contributed by atoms with E-state index in [0.717, 1.165) is 10.2 Å². The van der Waals surface area contributed by atoms with Gasteiger partial charge in [-0.2, -0.15) is 5.10 Å². The standard InChI is InChI=1S/C12H15BrN2/c1-8-9-6-5-7-10(13)11(9)15(14-8)12(2,3)4/h5-7H,1-4H3. The fourth-order valence-electron chi connectivity index (χ4n) is 1.76. The van der Waals surface area contributed by atoms with Crippen LogP contribution < -0.4 is 0 Å². The Kier molecular flexibility index (Phi) is 2.38. The summed E-state index contributed by atoms with van der Waals surface area (Å²) in [6, 6.07) is 6.23. The summed E-state index contributed by atoms with van der Waals surface area (Å²) in [5.41, 5.74) is 2.28. The highest BCUT2D eigenvalue weighted by molar-refractivity contribution is 9.10. The molecule has 2 nitrogen and oxygen atoms in total. The lowest BCUT2D eigenvalue weighted by molar-refractivity contribution is 0.366. The zero-order valence-electron chi connectivity index (χ0n) is 9.50. The zero-order valence-corrected chi connectivity index (χ0v) is 11.1. The summed E-state index contributed by atoms with van der Waals surface area (Å²) in [7, 11) is 0. The van der Waals surface area contributed by atoms with Crippen LogP contribution in [0.25, 0.3) is 10.9 Å². The smallest absolute Gasteiger partial charge is 0.0833 e. The van der Waals surface area contributed by atoms with Gasteiger partial charge in [0, 0.05) is 9.86 Å². The molecule has 0 aliphatic heterocycles. The van der Waals surface area contributed by atoms with Crippen LogP contribution in [0, 0.1) is 6.92 Å². The maximum Gasteiger partial charge on any atom is 0.0833 e. The van der Waals surface area contributed by atoms with Crippen LogP contribution in [-0.4, -0.2) is 9.78 Å². The number of aryl methyl sites for hydroxylation is 1. The Morgan fingerprint density at radius 3 is 2.53 bits per heavy atom. The summed E-state index contributed by atoms with van der Waals surface area (Å²) in [5.74, 6) is 0. The molecular formula is C12H15BrN2. The third-order valence-corrected chi connectivity index (χ3v) is 3.11. The molecule has 0 aliphatic carbocycles. The Labute approximate surface area is 98.4 Å². The van der Waals surface area contributed by atoms with Gasteiger partial charge in [0.15, 0.2) is 0 Å². The molecule has 0 radical (unpaired) electrons. The molecule has 0 atom stereocenters. The minimum absolute atomic E-state index is 0.0103. The van der Waals surface area contributed by atoms with Crippen LogP contribution in [-0.2, 0) is 5.54 Å². The largest absolute Gasteiger partial charge is 0.258 e. The first kappa shape index (κ1) is 10.7. The second kappa shape index (κ2) is 3.34. The minimum atomic E-state index is 0.0103. The minimum Gasteiger partial charge on any atom is -0.258 e. The molecule has 1 aromatic carbocycles. The van der Waals surface area contributed by atoms with Gasteiger partial charge in [-0.1, -0.05) is 12.1 Å². The highest BCUT2D eigenvalue weighted by Crippen LogP contribution is 2.30. The molecule has 80 valence electrons. The van der Waals surface area contributed by atoms with Crippen molar-refractivity contribution in [2.24, 2.45) is 0 Å². The number of rotatable bonds is 0. The molecule has 2 aromatic rings. The second-order valence-corrected chi connectivity index (χ2v) is 5.66. The molecule has 0 saturated carbocycles. The molecule has 0 saturated heterocycles. The van der Waals surface area contributed by atoms with Gasteiger partial charge in [-0.3, -0.25) is 4.68 Å². The summed E-state index contributed by atoms with van der Waals surface area (Å²) in [5, 5.41) is 5.83. The summed E-state index contributed by atoms with van der Waals surface area (Å²) in [6.07, 6.45) is 0. The molecule has 2 rings (SSSR count). The predicted molar refractivity (Wildman–Crippen MR) is 67.2 cm³/mol. The second-order valence-electron chi connectivity index (χ2n) is 4.80. The van der Waals surface area contributed by atoms with Gasteiger partial charge in [-0.05, 0) is 49.7 Å². The van der Waals surface area contributed by atoms with Crippen molar-refractivity contribution in [2.75, 3.05) is 0 Å². The molecule has 0 fully saturated rings.